The van der Waals surface area contributed by atoms with Gasteiger partial charge in [0, 0.05) is 0 Å². The predicted molar refractivity (Wildman–Crippen MR) is 62.0 cm³/mol. The first-order valence-electron chi connectivity index (χ1n) is 5.14. The highest BCUT2D eigenvalue weighted by Gasteiger charge is 2.26. The van der Waals surface area contributed by atoms with Crippen molar-refractivity contribution in [3.63, 3.8) is 0 Å². The molecule has 3 nitrogen and oxygen atoms in total. The molecule has 4 heteroatoms. The average molecular weight is 238 g/mol. The molecule has 1 aliphatic rings. The van der Waals surface area contributed by atoms with Gasteiger partial charge in [-0.3, -0.25) is 0 Å². The lowest BCUT2D eigenvalue weighted by Crippen LogP contribution is -2.20. The topological polar surface area (TPSA) is 43.4 Å². The van der Waals surface area contributed by atoms with E-state index < -0.39 is 9.84 Å². The maximum Gasteiger partial charge on any atom is 0.180 e. The summed E-state index contributed by atoms with van der Waals surface area (Å²) in [5, 5.41) is 0. The summed E-state index contributed by atoms with van der Waals surface area (Å²) in [6.45, 7) is 4.27. The van der Waals surface area contributed by atoms with E-state index in [9.17, 15) is 8.42 Å². The Balaban J connectivity index is 2.12. The molecule has 2 rings (SSSR count). The lowest BCUT2D eigenvalue weighted by Gasteiger charge is -2.09. The number of hydrogen-bond acceptors (Lipinski definition) is 3. The number of benzene rings is 1. The number of sulfone groups is 1. The molecule has 1 aromatic carbocycles. The molecule has 1 aliphatic heterocycles. The number of ether oxygens (including phenoxy) is 1. The van der Waals surface area contributed by atoms with Crippen LogP contribution >= 0.6 is 0 Å². The van der Waals surface area contributed by atoms with E-state index >= 15 is 0 Å². The van der Waals surface area contributed by atoms with Crippen LogP contribution in [0.5, 0.6) is 0 Å². The van der Waals surface area contributed by atoms with Crippen LogP contribution in [0, 0.1) is 0 Å². The molecule has 1 saturated heterocycles. The summed E-state index contributed by atoms with van der Waals surface area (Å²) in [5.41, 5.74) is 0.966. The second-order valence-electron chi connectivity index (χ2n) is 3.98. The third-order valence-corrected chi connectivity index (χ3v) is 4.35. The predicted octanol–water partition coefficient (Wildman–Crippen LogP) is 1.81. The van der Waals surface area contributed by atoms with Crippen molar-refractivity contribution in [1.82, 2.24) is 0 Å². The maximum atomic E-state index is 12.0. The van der Waals surface area contributed by atoms with Gasteiger partial charge < -0.3 is 4.74 Å². The molecule has 0 N–H and O–H groups in total. The Morgan fingerprint density at radius 1 is 1.31 bits per heavy atom. The minimum atomic E-state index is -3.23. The molecule has 1 aromatic rings. The van der Waals surface area contributed by atoms with Crippen molar-refractivity contribution in [3.05, 3.63) is 42.5 Å². The second kappa shape index (κ2) is 4.39. The van der Waals surface area contributed by atoms with Gasteiger partial charge in [0.1, 0.15) is 0 Å². The fraction of sp³-hybridized carbons (Fsp3) is 0.333. The zero-order valence-corrected chi connectivity index (χ0v) is 9.74. The van der Waals surface area contributed by atoms with Gasteiger partial charge in [0.15, 0.2) is 9.84 Å². The monoisotopic (exact) mass is 238 g/mol. The molecular weight excluding hydrogens is 224 g/mol. The zero-order chi connectivity index (χ0) is 11.6. The molecule has 0 spiro atoms. The van der Waals surface area contributed by atoms with Crippen LogP contribution in [0.1, 0.15) is 6.42 Å². The molecular formula is C12H14O3S. The van der Waals surface area contributed by atoms with Crippen molar-refractivity contribution < 1.29 is 13.2 Å². The third-order valence-electron chi connectivity index (χ3n) is 2.55. The molecule has 1 atom stereocenters. The highest BCUT2D eigenvalue weighted by atomic mass is 32.2. The molecule has 1 fully saturated rings. The van der Waals surface area contributed by atoms with E-state index in [0.717, 1.165) is 5.57 Å². The smallest absolute Gasteiger partial charge is 0.180 e. The van der Waals surface area contributed by atoms with Crippen LogP contribution in [0.3, 0.4) is 0 Å². The molecule has 0 amide bonds. The summed E-state index contributed by atoms with van der Waals surface area (Å²) < 4.78 is 29.3. The first-order chi connectivity index (χ1) is 7.58. The third kappa shape index (κ3) is 2.51. The molecule has 0 aliphatic carbocycles. The largest absolute Gasteiger partial charge is 0.372 e. The van der Waals surface area contributed by atoms with E-state index in [1.165, 1.54) is 0 Å². The van der Waals surface area contributed by atoms with Gasteiger partial charge in [-0.05, 0) is 24.1 Å². The van der Waals surface area contributed by atoms with Gasteiger partial charge in [-0.1, -0.05) is 24.8 Å². The van der Waals surface area contributed by atoms with Crippen LogP contribution in [0.2, 0.25) is 0 Å². The van der Waals surface area contributed by atoms with Crippen molar-refractivity contribution in [1.29, 1.82) is 0 Å². The number of rotatable bonds is 3. The summed E-state index contributed by atoms with van der Waals surface area (Å²) in [5.74, 6) is 0.0377. The van der Waals surface area contributed by atoms with E-state index in [0.29, 0.717) is 17.9 Å². The summed E-state index contributed by atoms with van der Waals surface area (Å²) in [6, 6.07) is 8.47. The summed E-state index contributed by atoms with van der Waals surface area (Å²) in [7, 11) is -3.23. The van der Waals surface area contributed by atoms with Crippen LogP contribution in [0.15, 0.2) is 47.4 Å². The molecule has 1 heterocycles. The van der Waals surface area contributed by atoms with Crippen LogP contribution < -0.4 is 0 Å². The fourth-order valence-corrected chi connectivity index (χ4v) is 3.22. The standard InChI is InChI=1S/C12H14O3S/c1-10-7-11(15-8-10)9-16(13,14)12-5-3-2-4-6-12/h2-6,11H,1,7-9H2. The first kappa shape index (κ1) is 11.4. The second-order valence-corrected chi connectivity index (χ2v) is 6.02. The minimum absolute atomic E-state index is 0.0377. The normalized spacial score (nSPS) is 21.2. The van der Waals surface area contributed by atoms with Gasteiger partial charge in [-0.25, -0.2) is 8.42 Å². The molecule has 16 heavy (non-hydrogen) atoms. The molecule has 0 saturated carbocycles. The van der Waals surface area contributed by atoms with Gasteiger partial charge in [0.25, 0.3) is 0 Å². The van der Waals surface area contributed by atoms with Crippen molar-refractivity contribution in [3.8, 4) is 0 Å². The van der Waals surface area contributed by atoms with Crippen molar-refractivity contribution in [2.75, 3.05) is 12.4 Å². The molecule has 1 unspecified atom stereocenters. The maximum absolute atomic E-state index is 12.0. The summed E-state index contributed by atoms with van der Waals surface area (Å²) >= 11 is 0. The number of hydrogen-bond donors (Lipinski definition) is 0. The van der Waals surface area contributed by atoms with E-state index in [-0.39, 0.29) is 11.9 Å². The Labute approximate surface area is 95.7 Å². The summed E-state index contributed by atoms with van der Waals surface area (Å²) in [4.78, 5) is 0.358. The van der Waals surface area contributed by atoms with Crippen LogP contribution in [-0.2, 0) is 14.6 Å². The molecule has 0 bridgehead atoms. The zero-order valence-electron chi connectivity index (χ0n) is 8.93. The fourth-order valence-electron chi connectivity index (χ4n) is 1.75. The Morgan fingerprint density at radius 2 is 2.00 bits per heavy atom. The molecule has 0 aromatic heterocycles. The average Bonchev–Trinajstić information content (AvgIpc) is 2.64. The van der Waals surface area contributed by atoms with Crippen molar-refractivity contribution >= 4 is 9.84 Å². The lowest BCUT2D eigenvalue weighted by molar-refractivity contribution is 0.130. The quantitative estimate of drug-likeness (QED) is 0.754. The van der Waals surface area contributed by atoms with Gasteiger partial charge in [0.05, 0.1) is 23.4 Å². The van der Waals surface area contributed by atoms with Gasteiger partial charge in [-0.15, -0.1) is 0 Å². The van der Waals surface area contributed by atoms with E-state index in [1.807, 2.05) is 0 Å². The van der Waals surface area contributed by atoms with Crippen molar-refractivity contribution in [2.45, 2.75) is 17.4 Å². The van der Waals surface area contributed by atoms with Gasteiger partial charge >= 0.3 is 0 Å². The Bertz CT molecular complexity index is 476. The van der Waals surface area contributed by atoms with E-state index in [1.54, 1.807) is 30.3 Å². The Kier molecular flexibility index (Phi) is 3.12. The Hall–Kier alpha value is -1.13. The highest BCUT2D eigenvalue weighted by Crippen LogP contribution is 2.21. The van der Waals surface area contributed by atoms with Crippen molar-refractivity contribution in [2.24, 2.45) is 0 Å². The van der Waals surface area contributed by atoms with E-state index in [2.05, 4.69) is 6.58 Å². The van der Waals surface area contributed by atoms with Gasteiger partial charge in [0.2, 0.25) is 0 Å². The SMILES string of the molecule is C=C1COC(CS(=O)(=O)c2ccccc2)C1. The molecule has 0 radical (unpaired) electrons. The van der Waals surface area contributed by atoms with E-state index in [4.69, 9.17) is 4.74 Å². The highest BCUT2D eigenvalue weighted by molar-refractivity contribution is 7.91. The Morgan fingerprint density at radius 3 is 2.56 bits per heavy atom. The van der Waals surface area contributed by atoms with Crippen LogP contribution in [0.25, 0.3) is 0 Å². The molecule has 86 valence electrons. The lowest BCUT2D eigenvalue weighted by atomic mass is 10.2. The first-order valence-corrected chi connectivity index (χ1v) is 6.79. The minimum Gasteiger partial charge on any atom is -0.372 e. The van der Waals surface area contributed by atoms with Crippen LogP contribution in [-0.4, -0.2) is 26.9 Å². The summed E-state index contributed by atoms with van der Waals surface area (Å²) in [6.07, 6.45) is 0.407. The van der Waals surface area contributed by atoms with Crippen LogP contribution in [0.4, 0.5) is 0 Å². The van der Waals surface area contributed by atoms with Gasteiger partial charge in [-0.2, -0.15) is 0 Å².